The van der Waals surface area contributed by atoms with Crippen LogP contribution in [0.15, 0.2) is 30.3 Å². The Morgan fingerprint density at radius 2 is 1.42 bits per heavy atom. The first-order chi connectivity index (χ1) is 9.13. The molecule has 0 amide bonds. The molecule has 19 heavy (non-hydrogen) atoms. The molecule has 0 aliphatic rings. The molecule has 0 spiro atoms. The summed E-state index contributed by atoms with van der Waals surface area (Å²) < 4.78 is 4.96. The molecule has 0 saturated heterocycles. The zero-order valence-corrected chi connectivity index (χ0v) is 14.6. The zero-order chi connectivity index (χ0) is 13.1. The molecule has 0 saturated carbocycles. The summed E-state index contributed by atoms with van der Waals surface area (Å²) in [5.74, 6) is 0. The van der Waals surface area contributed by atoms with Gasteiger partial charge < -0.3 is 0 Å². The van der Waals surface area contributed by atoms with Gasteiger partial charge in [-0.05, 0) is 0 Å². The first kappa shape index (κ1) is 12.0. The molecule has 4 rings (SSSR count). The van der Waals surface area contributed by atoms with Crippen molar-refractivity contribution in [3.63, 3.8) is 0 Å². The Bertz CT molecular complexity index is 938. The zero-order valence-electron chi connectivity index (χ0n) is 11.2. The van der Waals surface area contributed by atoms with E-state index in [2.05, 4.69) is 51.1 Å². The van der Waals surface area contributed by atoms with Gasteiger partial charge in [0.15, 0.2) is 0 Å². The fraction of sp³-hybridized carbons (Fsp3) is 0.176. The van der Waals surface area contributed by atoms with Crippen LogP contribution in [-0.4, -0.2) is 29.0 Å². The molecule has 0 unspecified atom stereocenters. The number of aryl methyl sites for hydroxylation is 3. The molecular weight excluding hydrogens is 362 g/mol. The second-order valence-corrected chi connectivity index (χ2v) is 11.0. The normalized spacial score (nSPS) is 11.9. The SMILES string of the molecule is Cc1ccc2c(c1)[se]c1[se]c3cc(C)c(C)cc3c12. The predicted octanol–water partition coefficient (Wildman–Crippen LogP) is 4.19. The van der Waals surface area contributed by atoms with Crippen molar-refractivity contribution in [2.24, 2.45) is 0 Å². The fourth-order valence-electron chi connectivity index (χ4n) is 2.68. The van der Waals surface area contributed by atoms with E-state index in [1.807, 2.05) is 0 Å². The van der Waals surface area contributed by atoms with Crippen LogP contribution in [-0.2, 0) is 0 Å². The van der Waals surface area contributed by atoms with Crippen molar-refractivity contribution in [3.05, 3.63) is 47.0 Å². The molecule has 0 radical (unpaired) electrons. The Kier molecular flexibility index (Phi) is 2.59. The van der Waals surface area contributed by atoms with Crippen LogP contribution in [0.3, 0.4) is 0 Å². The van der Waals surface area contributed by atoms with E-state index in [1.165, 1.54) is 27.5 Å². The van der Waals surface area contributed by atoms with Crippen molar-refractivity contribution in [3.8, 4) is 0 Å². The van der Waals surface area contributed by atoms with Crippen molar-refractivity contribution in [1.82, 2.24) is 0 Å². The summed E-state index contributed by atoms with van der Waals surface area (Å²) >= 11 is 1.13. The summed E-state index contributed by atoms with van der Waals surface area (Å²) in [5.41, 5.74) is 4.27. The van der Waals surface area contributed by atoms with E-state index in [0.29, 0.717) is 29.0 Å². The molecule has 0 bridgehead atoms. The average Bonchev–Trinajstić information content (AvgIpc) is 2.85. The number of benzene rings is 2. The van der Waals surface area contributed by atoms with E-state index in [-0.39, 0.29) is 0 Å². The average molecular weight is 376 g/mol. The summed E-state index contributed by atoms with van der Waals surface area (Å²) in [6, 6.07) is 11.8. The standard InChI is InChI=1S/C17H14Se2/c1-9-4-5-12-14(6-9)18-17-16(12)13-7-10(2)11(3)8-15(13)19-17/h4-8H,1-3H3. The monoisotopic (exact) mass is 378 g/mol. The molecule has 2 heteroatoms. The van der Waals surface area contributed by atoms with E-state index < -0.39 is 0 Å². The van der Waals surface area contributed by atoms with Crippen LogP contribution >= 0.6 is 0 Å². The van der Waals surface area contributed by atoms with Gasteiger partial charge in [-0.25, -0.2) is 0 Å². The predicted molar refractivity (Wildman–Crippen MR) is 87.1 cm³/mol. The van der Waals surface area contributed by atoms with Crippen LogP contribution in [0.25, 0.3) is 27.8 Å². The van der Waals surface area contributed by atoms with Crippen LogP contribution in [0.4, 0.5) is 0 Å². The molecular formula is C17H14Se2. The van der Waals surface area contributed by atoms with Gasteiger partial charge in [-0.3, -0.25) is 0 Å². The first-order valence-corrected chi connectivity index (χ1v) is 9.89. The van der Waals surface area contributed by atoms with Gasteiger partial charge in [0, 0.05) is 0 Å². The minimum atomic E-state index is 0.566. The molecule has 0 aliphatic heterocycles. The number of fused-ring (bicyclic) bond motifs is 5. The minimum absolute atomic E-state index is 0.566. The van der Waals surface area contributed by atoms with Crippen LogP contribution in [0, 0.1) is 20.8 Å². The summed E-state index contributed by atoms with van der Waals surface area (Å²) in [4.78, 5) is 0. The van der Waals surface area contributed by atoms with Gasteiger partial charge in [0.25, 0.3) is 0 Å². The molecule has 0 N–H and O–H groups in total. The summed E-state index contributed by atoms with van der Waals surface area (Å²) in [7, 11) is 0. The Morgan fingerprint density at radius 1 is 0.737 bits per heavy atom. The van der Waals surface area contributed by atoms with Gasteiger partial charge in [-0.1, -0.05) is 0 Å². The number of hydrogen-bond donors (Lipinski definition) is 0. The van der Waals surface area contributed by atoms with E-state index in [4.69, 9.17) is 0 Å². The third-order valence-corrected chi connectivity index (χ3v) is 9.67. The number of rotatable bonds is 0. The molecule has 0 aliphatic carbocycles. The third-order valence-electron chi connectivity index (χ3n) is 3.88. The van der Waals surface area contributed by atoms with Gasteiger partial charge in [0.2, 0.25) is 0 Å². The second-order valence-electron chi connectivity index (χ2n) is 5.30. The summed E-state index contributed by atoms with van der Waals surface area (Å²) in [5, 5.41) is 4.64. The Morgan fingerprint density at radius 3 is 2.21 bits per heavy atom. The maximum absolute atomic E-state index is 2.42. The molecule has 0 fully saturated rings. The molecule has 2 aromatic heterocycles. The fourth-order valence-corrected chi connectivity index (χ4v) is 9.53. The van der Waals surface area contributed by atoms with Gasteiger partial charge >= 0.3 is 125 Å². The Balaban J connectivity index is 2.25. The Labute approximate surface area is 124 Å². The topological polar surface area (TPSA) is 0 Å². The quantitative estimate of drug-likeness (QED) is 0.404. The first-order valence-electron chi connectivity index (χ1n) is 6.46. The van der Waals surface area contributed by atoms with Crippen molar-refractivity contribution < 1.29 is 0 Å². The molecule has 94 valence electrons. The van der Waals surface area contributed by atoms with Crippen LogP contribution < -0.4 is 0 Å². The van der Waals surface area contributed by atoms with Crippen molar-refractivity contribution in [1.29, 1.82) is 0 Å². The molecule has 0 nitrogen and oxygen atoms in total. The molecule has 2 heterocycles. The van der Waals surface area contributed by atoms with Gasteiger partial charge in [-0.2, -0.15) is 0 Å². The van der Waals surface area contributed by atoms with E-state index >= 15 is 0 Å². The number of hydrogen-bond acceptors (Lipinski definition) is 0. The summed E-state index contributed by atoms with van der Waals surface area (Å²) in [6.07, 6.45) is 0. The van der Waals surface area contributed by atoms with E-state index in [1.54, 1.807) is 17.0 Å². The van der Waals surface area contributed by atoms with Crippen LogP contribution in [0.5, 0.6) is 0 Å². The van der Waals surface area contributed by atoms with Gasteiger partial charge in [-0.15, -0.1) is 0 Å². The molecule has 2 aromatic carbocycles. The van der Waals surface area contributed by atoms with E-state index in [0.717, 1.165) is 0 Å². The summed E-state index contributed by atoms with van der Waals surface area (Å²) in [6.45, 7) is 6.67. The van der Waals surface area contributed by atoms with Gasteiger partial charge in [0.1, 0.15) is 0 Å². The molecule has 0 atom stereocenters. The van der Waals surface area contributed by atoms with Crippen molar-refractivity contribution in [2.75, 3.05) is 0 Å². The Hall–Kier alpha value is -0.781. The van der Waals surface area contributed by atoms with Gasteiger partial charge in [0.05, 0.1) is 0 Å². The van der Waals surface area contributed by atoms with Crippen LogP contribution in [0.2, 0.25) is 0 Å². The molecule has 4 aromatic rings. The second kappa shape index (κ2) is 4.10. The van der Waals surface area contributed by atoms with Crippen molar-refractivity contribution in [2.45, 2.75) is 20.8 Å². The maximum atomic E-state index is 2.42. The van der Waals surface area contributed by atoms with E-state index in [9.17, 15) is 0 Å². The third kappa shape index (κ3) is 1.72. The van der Waals surface area contributed by atoms with Crippen LogP contribution in [0.1, 0.15) is 16.7 Å². The van der Waals surface area contributed by atoms with Crippen molar-refractivity contribution >= 4 is 56.8 Å².